The first-order valence-corrected chi connectivity index (χ1v) is 23.2. The van der Waals surface area contributed by atoms with Crippen LogP contribution in [0, 0.1) is 0 Å². The highest BCUT2D eigenvalue weighted by molar-refractivity contribution is 7.90. The van der Waals surface area contributed by atoms with E-state index in [1.807, 2.05) is 34.6 Å². The summed E-state index contributed by atoms with van der Waals surface area (Å²) in [6.07, 6.45) is 13.2. The molecule has 4 aliphatic carbocycles. The summed E-state index contributed by atoms with van der Waals surface area (Å²) in [5.41, 5.74) is 11.7. The molecule has 2 unspecified atom stereocenters. The number of hydrogen-bond donors (Lipinski definition) is 6. The molecular formula is C40H74N6O6S2. The van der Waals surface area contributed by atoms with Crippen LogP contribution in [-0.4, -0.2) is 64.6 Å². The Labute approximate surface area is 332 Å². The number of fused-ring (bicyclic) bond motifs is 4. The fourth-order valence-corrected chi connectivity index (χ4v) is 10.4. The summed E-state index contributed by atoms with van der Waals surface area (Å²) in [4.78, 5) is 24.9. The van der Waals surface area contributed by atoms with Gasteiger partial charge in [-0.2, -0.15) is 0 Å². The minimum absolute atomic E-state index is 0. The Hall–Kier alpha value is -3.20. The molecule has 6 rings (SSSR count). The lowest BCUT2D eigenvalue weighted by atomic mass is 9.99. The molecule has 0 fully saturated rings. The molecule has 0 bridgehead atoms. The van der Waals surface area contributed by atoms with Crippen molar-refractivity contribution in [1.82, 2.24) is 20.1 Å². The fraction of sp³-hybridized carbons (Fsp3) is 0.650. The number of nitrogens with one attached hydrogen (secondary N) is 6. The molecule has 14 heteroatoms. The molecule has 0 saturated heterocycles. The van der Waals surface area contributed by atoms with Crippen molar-refractivity contribution in [1.29, 1.82) is 0 Å². The van der Waals surface area contributed by atoms with Gasteiger partial charge in [-0.15, -0.1) is 0 Å². The third kappa shape index (κ3) is 11.0. The van der Waals surface area contributed by atoms with Gasteiger partial charge in [0, 0.05) is 38.1 Å². The summed E-state index contributed by atoms with van der Waals surface area (Å²) >= 11 is 0. The maximum Gasteiger partial charge on any atom is 0.332 e. The number of rotatable bonds is 14. The zero-order chi connectivity index (χ0) is 39.2. The number of amides is 4. The predicted molar refractivity (Wildman–Crippen MR) is 230 cm³/mol. The third-order valence-corrected chi connectivity index (χ3v) is 14.0. The molecular weight excluding hydrogens is 725 g/mol. The largest absolute Gasteiger partial charge is 0.332 e. The van der Waals surface area contributed by atoms with Crippen LogP contribution in [0.4, 0.5) is 21.0 Å². The average molecular weight is 799 g/mol. The Morgan fingerprint density at radius 1 is 0.611 bits per heavy atom. The minimum Gasteiger partial charge on any atom is -0.314 e. The van der Waals surface area contributed by atoms with Crippen molar-refractivity contribution in [2.45, 2.75) is 155 Å². The van der Waals surface area contributed by atoms with E-state index in [1.165, 1.54) is 44.5 Å². The molecule has 0 heterocycles. The van der Waals surface area contributed by atoms with Gasteiger partial charge in [0.25, 0.3) is 0 Å². The monoisotopic (exact) mass is 799 g/mol. The van der Waals surface area contributed by atoms with Crippen LogP contribution in [0.1, 0.15) is 133 Å². The van der Waals surface area contributed by atoms with E-state index in [9.17, 15) is 26.4 Å². The van der Waals surface area contributed by atoms with Crippen LogP contribution >= 0.6 is 0 Å². The highest BCUT2D eigenvalue weighted by atomic mass is 32.2. The van der Waals surface area contributed by atoms with Gasteiger partial charge in [-0.1, -0.05) is 39.8 Å². The normalized spacial score (nSPS) is 16.9. The number of urea groups is 2. The van der Waals surface area contributed by atoms with Crippen molar-refractivity contribution in [2.24, 2.45) is 0 Å². The van der Waals surface area contributed by atoms with Crippen LogP contribution in [0.2, 0.25) is 0 Å². The molecule has 6 N–H and O–H groups in total. The summed E-state index contributed by atoms with van der Waals surface area (Å²) in [6, 6.07) is 3.95. The lowest BCUT2D eigenvalue weighted by Crippen LogP contribution is -2.41. The topological polar surface area (TPSA) is 175 Å². The van der Waals surface area contributed by atoms with Gasteiger partial charge in [-0.25, -0.2) is 35.9 Å². The second-order valence-corrected chi connectivity index (χ2v) is 20.1. The Kier molecular flexibility index (Phi) is 14.1. The van der Waals surface area contributed by atoms with Crippen LogP contribution in [0.5, 0.6) is 0 Å². The number of hydrogen-bond acceptors (Lipinski definition) is 8. The Bertz CT molecular complexity index is 1880. The van der Waals surface area contributed by atoms with Crippen LogP contribution in [0.15, 0.2) is 12.1 Å². The molecule has 2 atom stereocenters. The highest BCUT2D eigenvalue weighted by Gasteiger charge is 2.29. The van der Waals surface area contributed by atoms with Crippen molar-refractivity contribution < 1.29 is 35.0 Å². The van der Waals surface area contributed by atoms with Crippen molar-refractivity contribution in [2.75, 3.05) is 22.9 Å². The first-order valence-electron chi connectivity index (χ1n) is 20.0. The maximum atomic E-state index is 12.5. The van der Waals surface area contributed by atoms with E-state index in [0.717, 1.165) is 88.4 Å². The fourth-order valence-electron chi connectivity index (χ4n) is 8.35. The number of carbonyl (C=O) groups excluding carboxylic acids is 2. The van der Waals surface area contributed by atoms with Crippen LogP contribution in [0.3, 0.4) is 0 Å². The van der Waals surface area contributed by atoms with Gasteiger partial charge in [-0.05, 0) is 155 Å². The van der Waals surface area contributed by atoms with Gasteiger partial charge < -0.3 is 21.3 Å². The number of aryl methyl sites for hydroxylation is 4. The van der Waals surface area contributed by atoms with Crippen LogP contribution in [-0.2, 0) is 71.4 Å². The zero-order valence-corrected chi connectivity index (χ0v) is 34.7. The lowest BCUT2D eigenvalue weighted by molar-refractivity contribution is 0.255. The van der Waals surface area contributed by atoms with E-state index < -0.39 is 37.4 Å². The second-order valence-electron chi connectivity index (χ2n) is 16.2. The maximum absolute atomic E-state index is 12.5. The van der Waals surface area contributed by atoms with Gasteiger partial charge >= 0.3 is 12.1 Å². The van der Waals surface area contributed by atoms with E-state index in [-0.39, 0.29) is 20.4 Å². The SMILES string of the molecule is CC(C)NC(C)CCS(=O)(=O)NC(=O)Nc1c2c(cc3c1CCC3)CCC2.CC(C)NCCC(C)S(=O)(=O)NC(=O)Nc1c2c(cc3c1CCC3)CCC2.[HH].[HH].[HH].[HH].[HH].[HH]. The summed E-state index contributed by atoms with van der Waals surface area (Å²) < 4.78 is 53.9. The molecule has 0 saturated carbocycles. The molecule has 312 valence electrons. The number of anilines is 2. The van der Waals surface area contributed by atoms with Crippen molar-refractivity contribution in [3.05, 3.63) is 56.6 Å². The Balaban J connectivity index is 0. The van der Waals surface area contributed by atoms with Gasteiger partial charge in [0.15, 0.2) is 0 Å². The third-order valence-electron chi connectivity index (χ3n) is 11.0. The van der Waals surface area contributed by atoms with Crippen LogP contribution in [0.25, 0.3) is 0 Å². The van der Waals surface area contributed by atoms with E-state index in [4.69, 9.17) is 0 Å². The molecule has 2 aromatic carbocycles. The summed E-state index contributed by atoms with van der Waals surface area (Å²) in [5.74, 6) is -0.0771. The standard InChI is InChI=1S/2C20H31N3O3S.6H2/c1-13(2)21-14(3)10-11-27(25,26)23-20(24)22-19-17-8-4-6-15(17)12-16-7-5-9-18(16)19;1-13(2)21-11-10-14(3)27(25,26)23-20(24)22-19-17-8-4-6-15(17)12-16-7-5-9-18(16)19;;;;;;/h2*12-14,21H,4-11H2,1-3H3,(H2,22,23,24);6*1H. The first-order chi connectivity index (χ1) is 25.5. The van der Waals surface area contributed by atoms with Gasteiger partial charge in [0.2, 0.25) is 20.0 Å². The number of benzene rings is 2. The van der Waals surface area contributed by atoms with Gasteiger partial charge in [-0.3, -0.25) is 0 Å². The van der Waals surface area contributed by atoms with E-state index in [0.29, 0.717) is 31.5 Å². The molecule has 12 nitrogen and oxygen atoms in total. The Morgan fingerprint density at radius 2 is 1.04 bits per heavy atom. The minimum atomic E-state index is -3.71. The molecule has 2 aromatic rings. The number of carbonyl (C=O) groups is 2. The van der Waals surface area contributed by atoms with E-state index in [2.05, 4.69) is 42.8 Å². The summed E-state index contributed by atoms with van der Waals surface area (Å²) in [5, 5.41) is 11.6. The second kappa shape index (κ2) is 18.2. The molecule has 0 spiro atoms. The Morgan fingerprint density at radius 3 is 1.44 bits per heavy atom. The van der Waals surface area contributed by atoms with E-state index in [1.54, 1.807) is 6.92 Å². The molecule has 4 aliphatic rings. The quantitative estimate of drug-likeness (QED) is 0.116. The number of sulfonamides is 2. The summed E-state index contributed by atoms with van der Waals surface area (Å²) in [7, 11) is -7.37. The van der Waals surface area contributed by atoms with Crippen molar-refractivity contribution >= 4 is 43.5 Å². The predicted octanol–water partition coefficient (Wildman–Crippen LogP) is 7.26. The average Bonchev–Trinajstić information content (AvgIpc) is 3.90. The van der Waals surface area contributed by atoms with Crippen LogP contribution < -0.4 is 30.7 Å². The lowest BCUT2D eigenvalue weighted by Gasteiger charge is -2.18. The van der Waals surface area contributed by atoms with Crippen molar-refractivity contribution in [3.63, 3.8) is 0 Å². The molecule has 4 amide bonds. The molecule has 0 aromatic heterocycles. The molecule has 54 heavy (non-hydrogen) atoms. The van der Waals surface area contributed by atoms with Crippen molar-refractivity contribution in [3.8, 4) is 0 Å². The molecule has 0 radical (unpaired) electrons. The smallest absolute Gasteiger partial charge is 0.314 e. The first kappa shape index (κ1) is 42.0. The van der Waals surface area contributed by atoms with Gasteiger partial charge in [0.1, 0.15) is 0 Å². The highest BCUT2D eigenvalue weighted by Crippen LogP contribution is 2.40. The van der Waals surface area contributed by atoms with Gasteiger partial charge in [0.05, 0.1) is 11.0 Å². The molecule has 0 aliphatic heterocycles. The summed E-state index contributed by atoms with van der Waals surface area (Å²) in [6.45, 7) is 12.3. The van der Waals surface area contributed by atoms with E-state index >= 15 is 0 Å². The zero-order valence-electron chi connectivity index (χ0n) is 33.0.